The number of aromatic nitrogens is 1. The van der Waals surface area contributed by atoms with Crippen LogP contribution in [0, 0.1) is 5.82 Å². The zero-order valence-corrected chi connectivity index (χ0v) is 16.6. The number of halogens is 1. The lowest BCUT2D eigenvalue weighted by molar-refractivity contribution is 0.182. The molecule has 0 radical (unpaired) electrons. The van der Waals surface area contributed by atoms with E-state index in [2.05, 4.69) is 29.8 Å². The third-order valence-corrected chi connectivity index (χ3v) is 4.63. The molecule has 1 atom stereocenters. The van der Waals surface area contributed by atoms with E-state index < -0.39 is 0 Å². The summed E-state index contributed by atoms with van der Waals surface area (Å²) >= 11 is 0. The van der Waals surface area contributed by atoms with Crippen LogP contribution in [0.1, 0.15) is 31.7 Å². The number of hydrogen-bond donors (Lipinski definition) is 1. The minimum Gasteiger partial charge on any atom is -0.489 e. The lowest BCUT2D eigenvalue weighted by Gasteiger charge is -2.08. The van der Waals surface area contributed by atoms with Crippen LogP contribution in [0.5, 0.6) is 5.75 Å². The Kier molecular flexibility index (Phi) is 7.14. The van der Waals surface area contributed by atoms with Gasteiger partial charge in [-0.2, -0.15) is 0 Å². The Balaban J connectivity index is 1.75. The fraction of sp³-hybridized carbons (Fsp3) is 0.240. The number of hydrogen-bond acceptors (Lipinski definition) is 3. The van der Waals surface area contributed by atoms with Gasteiger partial charge in [0, 0.05) is 23.2 Å². The van der Waals surface area contributed by atoms with E-state index in [9.17, 15) is 9.50 Å². The molecule has 0 spiro atoms. The number of aliphatic hydroxyl groups excluding tert-OH is 1. The molecule has 3 rings (SSSR count). The topological polar surface area (TPSA) is 42.4 Å². The number of allylic oxidation sites excluding steroid dienone is 1. The quantitative estimate of drug-likeness (QED) is 0.350. The van der Waals surface area contributed by atoms with Gasteiger partial charge in [-0.3, -0.25) is 4.98 Å². The van der Waals surface area contributed by atoms with E-state index in [-0.39, 0.29) is 11.9 Å². The fourth-order valence-electron chi connectivity index (χ4n) is 3.11. The van der Waals surface area contributed by atoms with Crippen molar-refractivity contribution < 1.29 is 14.2 Å². The Hall–Kier alpha value is -2.98. The van der Waals surface area contributed by atoms with E-state index in [4.69, 9.17) is 4.74 Å². The predicted octanol–water partition coefficient (Wildman–Crippen LogP) is 6.17. The highest BCUT2D eigenvalue weighted by Crippen LogP contribution is 2.27. The second-order valence-electron chi connectivity index (χ2n) is 7.10. The Labute approximate surface area is 171 Å². The second-order valence-corrected chi connectivity index (χ2v) is 7.10. The van der Waals surface area contributed by atoms with Gasteiger partial charge in [0.25, 0.3) is 0 Å². The average Bonchev–Trinajstić information content (AvgIpc) is 2.71. The highest BCUT2D eigenvalue weighted by Gasteiger charge is 2.09. The van der Waals surface area contributed by atoms with E-state index in [1.807, 2.05) is 25.1 Å². The summed E-state index contributed by atoms with van der Waals surface area (Å²) in [5.74, 6) is 0.104. The van der Waals surface area contributed by atoms with Gasteiger partial charge in [-0.05, 0) is 61.4 Å². The highest BCUT2D eigenvalue weighted by atomic mass is 19.1. The Morgan fingerprint density at radius 2 is 2.03 bits per heavy atom. The highest BCUT2D eigenvalue weighted by molar-refractivity contribution is 5.87. The Morgan fingerprint density at radius 1 is 1.17 bits per heavy atom. The smallest absolute Gasteiger partial charge is 0.136 e. The summed E-state index contributed by atoms with van der Waals surface area (Å²) in [4.78, 5) is 4.45. The van der Waals surface area contributed by atoms with E-state index in [1.165, 1.54) is 6.07 Å². The largest absolute Gasteiger partial charge is 0.489 e. The molecular formula is C25H26FNO2. The monoisotopic (exact) mass is 391 g/mol. The third-order valence-electron chi connectivity index (χ3n) is 4.63. The van der Waals surface area contributed by atoms with Gasteiger partial charge in [0.05, 0.1) is 11.8 Å². The molecule has 29 heavy (non-hydrogen) atoms. The van der Waals surface area contributed by atoms with Crippen molar-refractivity contribution in [1.29, 1.82) is 0 Å². The molecule has 1 aromatic heterocycles. The van der Waals surface area contributed by atoms with Gasteiger partial charge >= 0.3 is 0 Å². The van der Waals surface area contributed by atoms with Crippen LogP contribution in [0.2, 0.25) is 0 Å². The number of benzene rings is 2. The molecule has 150 valence electrons. The van der Waals surface area contributed by atoms with Gasteiger partial charge in [0.1, 0.15) is 18.2 Å². The first-order chi connectivity index (χ1) is 14.1. The summed E-state index contributed by atoms with van der Waals surface area (Å²) in [7, 11) is 0. The number of rotatable bonds is 9. The minimum absolute atomic E-state index is 0.245. The average molecular weight is 391 g/mol. The van der Waals surface area contributed by atoms with Crippen LogP contribution in [0.25, 0.3) is 28.1 Å². The second kappa shape index (κ2) is 9.99. The Morgan fingerprint density at radius 3 is 2.79 bits per heavy atom. The minimum atomic E-state index is -0.366. The normalized spacial score (nSPS) is 12.4. The molecule has 2 aromatic carbocycles. The molecule has 1 N–H and O–H groups in total. The summed E-state index contributed by atoms with van der Waals surface area (Å²) < 4.78 is 19.9. The van der Waals surface area contributed by atoms with Gasteiger partial charge in [-0.1, -0.05) is 36.9 Å². The molecule has 0 fully saturated rings. The van der Waals surface area contributed by atoms with Gasteiger partial charge in [-0.25, -0.2) is 4.39 Å². The molecule has 3 aromatic rings. The van der Waals surface area contributed by atoms with Crippen LogP contribution in [-0.4, -0.2) is 22.8 Å². The molecule has 1 unspecified atom stereocenters. The van der Waals surface area contributed by atoms with E-state index in [1.54, 1.807) is 24.4 Å². The van der Waals surface area contributed by atoms with Gasteiger partial charge in [-0.15, -0.1) is 0 Å². The molecular weight excluding hydrogens is 365 g/mol. The van der Waals surface area contributed by atoms with Gasteiger partial charge in [0.15, 0.2) is 0 Å². The van der Waals surface area contributed by atoms with Crippen LogP contribution >= 0.6 is 0 Å². The molecule has 0 aliphatic heterocycles. The maximum Gasteiger partial charge on any atom is 0.136 e. The number of aliphatic hydroxyl groups is 1. The van der Waals surface area contributed by atoms with Crippen molar-refractivity contribution in [3.8, 4) is 17.0 Å². The number of unbranched alkanes of at least 4 members (excludes halogenated alkanes) is 1. The summed E-state index contributed by atoms with van der Waals surface area (Å²) in [6, 6.07) is 12.8. The maximum atomic E-state index is 14.5. The van der Waals surface area contributed by atoms with Crippen molar-refractivity contribution in [3.63, 3.8) is 0 Å². The van der Waals surface area contributed by atoms with Crippen LogP contribution in [0.3, 0.4) is 0 Å². The lowest BCUT2D eigenvalue weighted by Crippen LogP contribution is -1.97. The first kappa shape index (κ1) is 20.7. The van der Waals surface area contributed by atoms with Gasteiger partial charge in [0.2, 0.25) is 0 Å². The van der Waals surface area contributed by atoms with Gasteiger partial charge < -0.3 is 9.84 Å². The Bertz CT molecular complexity index is 1010. The first-order valence-corrected chi connectivity index (χ1v) is 9.85. The van der Waals surface area contributed by atoms with Crippen LogP contribution < -0.4 is 4.74 Å². The molecule has 0 saturated carbocycles. The van der Waals surface area contributed by atoms with Crippen molar-refractivity contribution >= 4 is 16.8 Å². The molecule has 1 heterocycles. The number of fused-ring (bicyclic) bond motifs is 1. The number of ether oxygens (including phenoxy) is 1. The van der Waals surface area contributed by atoms with Crippen molar-refractivity contribution in [2.45, 2.75) is 32.3 Å². The number of pyridine rings is 1. The van der Waals surface area contributed by atoms with Crippen molar-refractivity contribution in [2.24, 2.45) is 0 Å². The van der Waals surface area contributed by atoms with Crippen molar-refractivity contribution in [3.05, 3.63) is 78.8 Å². The molecule has 0 amide bonds. The maximum absolute atomic E-state index is 14.5. The van der Waals surface area contributed by atoms with E-state index >= 15 is 0 Å². The lowest BCUT2D eigenvalue weighted by atomic mass is 10.0. The third kappa shape index (κ3) is 5.75. The molecule has 0 aliphatic carbocycles. The summed E-state index contributed by atoms with van der Waals surface area (Å²) in [6.45, 7) is 5.74. The summed E-state index contributed by atoms with van der Waals surface area (Å²) in [5.41, 5.74) is 2.13. The molecule has 0 bridgehead atoms. The number of nitrogens with zero attached hydrogens (tertiary/aromatic N) is 1. The standard InChI is InChI=1S/C25H26FNO2/c1-3-13-29-22-11-12-23(24(26)16-22)25-15-20-10-9-19(14-21(20)17-27-25)8-6-4-5-7-18(2)28/h3,6,8-12,14-18,28H,1,4-5,7,13H2,2H3/b8-6+. The summed E-state index contributed by atoms with van der Waals surface area (Å²) in [5, 5.41) is 11.3. The zero-order valence-electron chi connectivity index (χ0n) is 16.6. The molecule has 3 nitrogen and oxygen atoms in total. The zero-order chi connectivity index (χ0) is 20.6. The van der Waals surface area contributed by atoms with Crippen LogP contribution in [0.4, 0.5) is 4.39 Å². The van der Waals surface area contributed by atoms with Crippen molar-refractivity contribution in [2.75, 3.05) is 6.61 Å². The van der Waals surface area contributed by atoms with E-state index in [0.29, 0.717) is 23.6 Å². The van der Waals surface area contributed by atoms with Crippen LogP contribution in [-0.2, 0) is 0 Å². The molecule has 0 saturated heterocycles. The molecule has 0 aliphatic rings. The predicted molar refractivity (Wildman–Crippen MR) is 117 cm³/mol. The van der Waals surface area contributed by atoms with Crippen molar-refractivity contribution in [1.82, 2.24) is 4.98 Å². The van der Waals surface area contributed by atoms with Crippen LogP contribution in [0.15, 0.2) is 67.4 Å². The van der Waals surface area contributed by atoms with E-state index in [0.717, 1.165) is 35.6 Å². The fourth-order valence-corrected chi connectivity index (χ4v) is 3.11. The SMILES string of the molecule is C=CCOc1ccc(-c2cc3ccc(/C=C/CCCC(C)O)cc3cn2)c(F)c1. The molecule has 4 heteroatoms. The first-order valence-electron chi connectivity index (χ1n) is 9.85. The summed E-state index contributed by atoms with van der Waals surface area (Å²) in [6.07, 6.45) is 10.1.